The van der Waals surface area contributed by atoms with Gasteiger partial charge in [-0.1, -0.05) is 0 Å². The van der Waals surface area contributed by atoms with Crippen LogP contribution in [0.5, 0.6) is 0 Å². The fraction of sp³-hybridized carbons (Fsp3) is 0. The van der Waals surface area contributed by atoms with E-state index in [-0.39, 0.29) is 0 Å². The third-order valence-electron chi connectivity index (χ3n) is 2.39. The number of fused-ring (bicyclic) bond motifs is 1. The van der Waals surface area contributed by atoms with Gasteiger partial charge < -0.3 is 4.98 Å². The first-order valence-electron chi connectivity index (χ1n) is 4.92. The Morgan fingerprint density at radius 2 is 2.24 bits per heavy atom. The maximum Gasteiger partial charge on any atom is 0.184 e. The van der Waals surface area contributed by atoms with Gasteiger partial charge in [0.25, 0.3) is 0 Å². The summed E-state index contributed by atoms with van der Waals surface area (Å²) in [5.41, 5.74) is 2.60. The molecule has 0 amide bonds. The van der Waals surface area contributed by atoms with Crippen LogP contribution in [-0.2, 0) is 0 Å². The fourth-order valence-electron chi connectivity index (χ4n) is 1.70. The topological polar surface area (TPSA) is 46.5 Å². The largest absolute Gasteiger partial charge is 0.329 e. The van der Waals surface area contributed by atoms with Crippen LogP contribution in [0.2, 0.25) is 0 Å². The first-order valence-corrected chi connectivity index (χ1v) is 6.12. The smallest absolute Gasteiger partial charge is 0.184 e. The SMILES string of the molecule is S=c1[nH]c2cccnc2n1-c1cncc(Br)c1. The van der Waals surface area contributed by atoms with E-state index in [2.05, 4.69) is 30.9 Å². The van der Waals surface area contributed by atoms with E-state index in [0.29, 0.717) is 4.77 Å². The molecule has 0 spiro atoms. The second kappa shape index (κ2) is 4.05. The molecule has 0 unspecified atom stereocenters. The second-order valence-corrected chi connectivity index (χ2v) is 4.80. The van der Waals surface area contributed by atoms with Gasteiger partial charge in [0.2, 0.25) is 0 Å². The summed E-state index contributed by atoms with van der Waals surface area (Å²) in [6.07, 6.45) is 5.23. The third kappa shape index (κ3) is 1.79. The summed E-state index contributed by atoms with van der Waals surface area (Å²) >= 11 is 8.70. The number of aromatic nitrogens is 4. The molecule has 0 aliphatic heterocycles. The number of hydrogen-bond acceptors (Lipinski definition) is 3. The normalized spacial score (nSPS) is 10.9. The molecule has 3 rings (SSSR count). The summed E-state index contributed by atoms with van der Waals surface area (Å²) in [6.45, 7) is 0. The molecule has 0 saturated carbocycles. The molecule has 1 N–H and O–H groups in total. The van der Waals surface area contributed by atoms with E-state index in [1.807, 2.05) is 22.8 Å². The highest BCUT2D eigenvalue weighted by Crippen LogP contribution is 2.19. The van der Waals surface area contributed by atoms with Crippen molar-refractivity contribution in [3.8, 4) is 5.69 Å². The number of rotatable bonds is 1. The van der Waals surface area contributed by atoms with Crippen molar-refractivity contribution in [1.29, 1.82) is 0 Å². The van der Waals surface area contributed by atoms with Crippen molar-refractivity contribution in [2.24, 2.45) is 0 Å². The molecule has 4 nitrogen and oxygen atoms in total. The van der Waals surface area contributed by atoms with Crippen LogP contribution in [-0.4, -0.2) is 19.5 Å². The minimum atomic E-state index is 0.610. The summed E-state index contributed by atoms with van der Waals surface area (Å²) < 4.78 is 3.38. The van der Waals surface area contributed by atoms with Gasteiger partial charge in [-0.3, -0.25) is 9.55 Å². The van der Waals surface area contributed by atoms with Crippen molar-refractivity contribution >= 4 is 39.3 Å². The second-order valence-electron chi connectivity index (χ2n) is 3.50. The Morgan fingerprint density at radius 1 is 1.35 bits per heavy atom. The number of H-pyrrole nitrogens is 1. The molecule has 0 radical (unpaired) electrons. The van der Waals surface area contributed by atoms with Gasteiger partial charge in [-0.05, 0) is 46.3 Å². The van der Waals surface area contributed by atoms with Gasteiger partial charge in [-0.2, -0.15) is 0 Å². The Balaban J connectivity index is 2.37. The lowest BCUT2D eigenvalue weighted by atomic mass is 10.4. The first kappa shape index (κ1) is 10.6. The van der Waals surface area contributed by atoms with Gasteiger partial charge in [0, 0.05) is 16.9 Å². The number of nitrogens with one attached hydrogen (secondary N) is 1. The van der Waals surface area contributed by atoms with Crippen LogP contribution in [0.4, 0.5) is 0 Å². The molecule has 84 valence electrons. The summed E-state index contributed by atoms with van der Waals surface area (Å²) in [5, 5.41) is 0. The van der Waals surface area contributed by atoms with Crippen LogP contribution in [0.15, 0.2) is 41.3 Å². The van der Waals surface area contributed by atoms with E-state index in [1.54, 1.807) is 18.6 Å². The Labute approximate surface area is 110 Å². The number of imidazole rings is 1. The Morgan fingerprint density at radius 3 is 3.06 bits per heavy atom. The Bertz CT molecular complexity index is 746. The van der Waals surface area contributed by atoms with Gasteiger partial charge in [-0.15, -0.1) is 0 Å². The van der Waals surface area contributed by atoms with Crippen LogP contribution in [0.1, 0.15) is 0 Å². The average molecular weight is 307 g/mol. The number of nitrogens with zero attached hydrogens (tertiary/aromatic N) is 3. The molecule has 0 aliphatic carbocycles. The van der Waals surface area contributed by atoms with E-state index in [9.17, 15) is 0 Å². The molecule has 0 bridgehead atoms. The van der Waals surface area contributed by atoms with Gasteiger partial charge in [0.1, 0.15) is 0 Å². The molecular formula is C11H7BrN4S. The quantitative estimate of drug-likeness (QED) is 0.702. The highest BCUT2D eigenvalue weighted by molar-refractivity contribution is 9.10. The van der Waals surface area contributed by atoms with Gasteiger partial charge in [0.15, 0.2) is 10.4 Å². The maximum absolute atomic E-state index is 5.30. The zero-order valence-electron chi connectivity index (χ0n) is 8.59. The van der Waals surface area contributed by atoms with Crippen LogP contribution in [0.3, 0.4) is 0 Å². The summed E-state index contributed by atoms with van der Waals surface area (Å²) in [5.74, 6) is 0. The fourth-order valence-corrected chi connectivity index (χ4v) is 2.36. The number of pyridine rings is 2. The molecule has 3 aromatic rings. The lowest BCUT2D eigenvalue weighted by Gasteiger charge is -2.03. The number of hydrogen-bond donors (Lipinski definition) is 1. The predicted octanol–water partition coefficient (Wildman–Crippen LogP) is 3.24. The zero-order chi connectivity index (χ0) is 11.8. The zero-order valence-corrected chi connectivity index (χ0v) is 11.0. The molecule has 0 fully saturated rings. The van der Waals surface area contributed by atoms with E-state index in [1.165, 1.54) is 0 Å². The summed E-state index contributed by atoms with van der Waals surface area (Å²) in [6, 6.07) is 5.77. The van der Waals surface area contributed by atoms with Crippen LogP contribution >= 0.6 is 28.1 Å². The highest BCUT2D eigenvalue weighted by Gasteiger charge is 2.07. The van der Waals surface area contributed by atoms with Crippen molar-refractivity contribution in [2.45, 2.75) is 0 Å². The predicted molar refractivity (Wildman–Crippen MR) is 71.7 cm³/mol. The molecule has 3 heterocycles. The molecule has 0 saturated heterocycles. The van der Waals surface area contributed by atoms with E-state index in [4.69, 9.17) is 12.2 Å². The Hall–Kier alpha value is -1.53. The molecular weight excluding hydrogens is 300 g/mol. The van der Waals surface area contributed by atoms with Crippen LogP contribution in [0.25, 0.3) is 16.9 Å². The Kier molecular flexibility index (Phi) is 2.53. The number of halogens is 1. The summed E-state index contributed by atoms with van der Waals surface area (Å²) in [7, 11) is 0. The highest BCUT2D eigenvalue weighted by atomic mass is 79.9. The first-order chi connectivity index (χ1) is 8.25. The van der Waals surface area contributed by atoms with Crippen molar-refractivity contribution in [2.75, 3.05) is 0 Å². The van der Waals surface area contributed by atoms with Crippen LogP contribution < -0.4 is 0 Å². The van der Waals surface area contributed by atoms with Crippen LogP contribution in [0, 0.1) is 4.77 Å². The molecule has 0 aliphatic rings. The van der Waals surface area contributed by atoms with Gasteiger partial charge in [-0.25, -0.2) is 4.98 Å². The van der Waals surface area contributed by atoms with Gasteiger partial charge in [0.05, 0.1) is 17.4 Å². The molecule has 17 heavy (non-hydrogen) atoms. The molecule has 0 atom stereocenters. The molecule has 6 heteroatoms. The molecule has 0 aromatic carbocycles. The lowest BCUT2D eigenvalue weighted by Crippen LogP contribution is -1.96. The maximum atomic E-state index is 5.30. The third-order valence-corrected chi connectivity index (χ3v) is 3.11. The van der Waals surface area contributed by atoms with Gasteiger partial charge >= 0.3 is 0 Å². The van der Waals surface area contributed by atoms with Crippen molar-refractivity contribution in [3.63, 3.8) is 0 Å². The van der Waals surface area contributed by atoms with E-state index >= 15 is 0 Å². The monoisotopic (exact) mass is 306 g/mol. The molecule has 3 aromatic heterocycles. The van der Waals surface area contributed by atoms with Crippen molar-refractivity contribution < 1.29 is 0 Å². The van der Waals surface area contributed by atoms with E-state index < -0.39 is 0 Å². The van der Waals surface area contributed by atoms with Crippen molar-refractivity contribution in [1.82, 2.24) is 19.5 Å². The minimum Gasteiger partial charge on any atom is -0.329 e. The van der Waals surface area contributed by atoms with E-state index in [0.717, 1.165) is 21.3 Å². The standard InChI is InChI=1S/C11H7BrN4S/c12-7-4-8(6-13-5-7)16-10-9(15-11(16)17)2-1-3-14-10/h1-6H,(H,15,17). The number of aromatic amines is 1. The minimum absolute atomic E-state index is 0.610. The summed E-state index contributed by atoms with van der Waals surface area (Å²) in [4.78, 5) is 11.6. The average Bonchev–Trinajstić information content (AvgIpc) is 2.64. The lowest BCUT2D eigenvalue weighted by molar-refractivity contribution is 1.03. The van der Waals surface area contributed by atoms with Crippen molar-refractivity contribution in [3.05, 3.63) is 46.0 Å².